The van der Waals surface area contributed by atoms with Crippen LogP contribution in [0.2, 0.25) is 0 Å². The Kier molecular flexibility index (Phi) is 3.86. The van der Waals surface area contributed by atoms with Crippen LogP contribution in [0.25, 0.3) is 6.08 Å². The van der Waals surface area contributed by atoms with E-state index in [0.717, 1.165) is 12.8 Å². The Labute approximate surface area is 73.3 Å². The van der Waals surface area contributed by atoms with Crippen molar-refractivity contribution in [2.75, 3.05) is 0 Å². The van der Waals surface area contributed by atoms with Crippen molar-refractivity contribution in [3.05, 3.63) is 42.0 Å². The van der Waals surface area contributed by atoms with Gasteiger partial charge in [-0.05, 0) is 24.6 Å². The molecule has 0 saturated carbocycles. The first kappa shape index (κ1) is 8.72. The molecule has 0 aliphatic rings. The van der Waals surface area contributed by atoms with Crippen molar-refractivity contribution in [3.8, 4) is 0 Å². The quantitative estimate of drug-likeness (QED) is 0.515. The van der Waals surface area contributed by atoms with Gasteiger partial charge < -0.3 is 5.41 Å². The Morgan fingerprint density at radius 3 is 2.50 bits per heavy atom. The molecule has 0 heterocycles. The highest BCUT2D eigenvalue weighted by molar-refractivity contribution is 5.54. The van der Waals surface area contributed by atoms with E-state index in [1.807, 2.05) is 18.2 Å². The van der Waals surface area contributed by atoms with Gasteiger partial charge in [0.25, 0.3) is 0 Å². The summed E-state index contributed by atoms with van der Waals surface area (Å²) in [6.07, 6.45) is 7.42. The van der Waals surface area contributed by atoms with E-state index in [2.05, 4.69) is 24.3 Å². The Morgan fingerprint density at radius 1 is 1.08 bits per heavy atom. The predicted octanol–water partition coefficient (Wildman–Crippen LogP) is 3.13. The van der Waals surface area contributed by atoms with Gasteiger partial charge in [-0.15, -0.1) is 0 Å². The van der Waals surface area contributed by atoms with Crippen molar-refractivity contribution in [2.24, 2.45) is 0 Å². The summed E-state index contributed by atoms with van der Waals surface area (Å²) in [4.78, 5) is 0. The maximum absolute atomic E-state index is 6.83. The maximum atomic E-state index is 6.83. The van der Waals surface area contributed by atoms with E-state index < -0.39 is 0 Å². The molecule has 0 aliphatic heterocycles. The first-order valence-corrected chi connectivity index (χ1v) is 4.14. The van der Waals surface area contributed by atoms with Crippen LogP contribution in [0.1, 0.15) is 18.4 Å². The first-order chi connectivity index (χ1) is 5.93. The van der Waals surface area contributed by atoms with Crippen molar-refractivity contribution in [2.45, 2.75) is 12.8 Å². The van der Waals surface area contributed by atoms with E-state index in [-0.39, 0.29) is 0 Å². The molecule has 0 fully saturated rings. The molecule has 0 saturated heterocycles. The summed E-state index contributed by atoms with van der Waals surface area (Å²) in [6.45, 7) is 0. The molecule has 1 rings (SSSR count). The number of hydrogen-bond donors (Lipinski definition) is 1. The molecule has 1 aromatic carbocycles. The summed E-state index contributed by atoms with van der Waals surface area (Å²) >= 11 is 0. The van der Waals surface area contributed by atoms with E-state index in [1.54, 1.807) is 0 Å². The van der Waals surface area contributed by atoms with Gasteiger partial charge in [0.15, 0.2) is 0 Å². The van der Waals surface area contributed by atoms with E-state index >= 15 is 0 Å². The highest BCUT2D eigenvalue weighted by Crippen LogP contribution is 2.01. The minimum absolute atomic E-state index is 0.837. The summed E-state index contributed by atoms with van der Waals surface area (Å²) in [7, 11) is 0. The Balaban J connectivity index is 2.41. The Hall–Kier alpha value is -1.37. The molecule has 0 aromatic heterocycles. The lowest BCUT2D eigenvalue weighted by molar-refractivity contribution is 1.11. The molecule has 0 aliphatic carbocycles. The van der Waals surface area contributed by atoms with Crippen LogP contribution in [0.15, 0.2) is 36.4 Å². The lowest BCUT2D eigenvalue weighted by Crippen LogP contribution is -1.71. The molecule has 0 atom stereocenters. The van der Waals surface area contributed by atoms with Crippen molar-refractivity contribution in [1.82, 2.24) is 0 Å². The van der Waals surface area contributed by atoms with Crippen LogP contribution in [0.5, 0.6) is 0 Å². The molecule has 0 amide bonds. The standard InChI is InChI=1S/C11H13N/c12-10-6-2-5-9-11-7-3-1-4-8-11/h1,3-5,7-10,12H,2,6H2/b9-5+,12-10?. The molecular formula is C11H13N. The van der Waals surface area contributed by atoms with Crippen molar-refractivity contribution in [1.29, 1.82) is 5.41 Å². The van der Waals surface area contributed by atoms with Gasteiger partial charge in [0.2, 0.25) is 0 Å². The topological polar surface area (TPSA) is 23.9 Å². The van der Waals surface area contributed by atoms with Crippen molar-refractivity contribution < 1.29 is 0 Å². The van der Waals surface area contributed by atoms with E-state index in [4.69, 9.17) is 5.41 Å². The molecule has 1 heteroatoms. The first-order valence-electron chi connectivity index (χ1n) is 4.14. The summed E-state index contributed by atoms with van der Waals surface area (Å²) in [5, 5.41) is 6.83. The van der Waals surface area contributed by atoms with Gasteiger partial charge >= 0.3 is 0 Å². The number of hydrogen-bond acceptors (Lipinski definition) is 1. The minimum atomic E-state index is 0.837. The molecule has 0 unspecified atom stereocenters. The molecule has 0 spiro atoms. The van der Waals surface area contributed by atoms with Crippen LogP contribution >= 0.6 is 0 Å². The fourth-order valence-electron chi connectivity index (χ4n) is 0.963. The average molecular weight is 159 g/mol. The van der Waals surface area contributed by atoms with Gasteiger partial charge in [-0.25, -0.2) is 0 Å². The van der Waals surface area contributed by atoms with Gasteiger partial charge in [-0.1, -0.05) is 42.5 Å². The van der Waals surface area contributed by atoms with Crippen molar-refractivity contribution >= 4 is 12.3 Å². The van der Waals surface area contributed by atoms with Crippen LogP contribution in [0.3, 0.4) is 0 Å². The molecule has 1 aromatic rings. The second-order valence-electron chi connectivity index (χ2n) is 2.59. The monoisotopic (exact) mass is 159 g/mol. The lowest BCUT2D eigenvalue weighted by atomic mass is 10.2. The molecule has 62 valence electrons. The highest BCUT2D eigenvalue weighted by Gasteiger charge is 1.81. The van der Waals surface area contributed by atoms with E-state index in [1.165, 1.54) is 11.8 Å². The minimum Gasteiger partial charge on any atom is -0.313 e. The van der Waals surface area contributed by atoms with E-state index in [0.29, 0.717) is 0 Å². The average Bonchev–Trinajstić information content (AvgIpc) is 2.14. The zero-order chi connectivity index (χ0) is 8.65. The van der Waals surface area contributed by atoms with Gasteiger partial charge in [0.1, 0.15) is 0 Å². The van der Waals surface area contributed by atoms with Crippen LogP contribution in [0, 0.1) is 5.41 Å². The SMILES string of the molecule is N=CCC/C=C/c1ccccc1. The smallest absolute Gasteiger partial charge is 0.00447 e. The fourth-order valence-corrected chi connectivity index (χ4v) is 0.963. The summed E-state index contributed by atoms with van der Waals surface area (Å²) in [5.41, 5.74) is 1.22. The van der Waals surface area contributed by atoms with Gasteiger partial charge in [-0.2, -0.15) is 0 Å². The number of allylic oxidation sites excluding steroid dienone is 1. The molecular weight excluding hydrogens is 146 g/mol. The second-order valence-corrected chi connectivity index (χ2v) is 2.59. The third-order valence-corrected chi connectivity index (χ3v) is 1.59. The van der Waals surface area contributed by atoms with Crippen LogP contribution < -0.4 is 0 Å². The van der Waals surface area contributed by atoms with Crippen LogP contribution in [-0.2, 0) is 0 Å². The maximum Gasteiger partial charge on any atom is -0.00447 e. The number of nitrogens with one attached hydrogen (secondary N) is 1. The fraction of sp³-hybridized carbons (Fsp3) is 0.182. The number of benzene rings is 1. The number of unbranched alkanes of at least 4 members (excludes halogenated alkanes) is 1. The predicted molar refractivity (Wildman–Crippen MR) is 53.5 cm³/mol. The Bertz CT molecular complexity index is 249. The largest absolute Gasteiger partial charge is 0.313 e. The Morgan fingerprint density at radius 2 is 1.83 bits per heavy atom. The summed E-state index contributed by atoms with van der Waals surface area (Å²) < 4.78 is 0. The van der Waals surface area contributed by atoms with Gasteiger partial charge in [0, 0.05) is 0 Å². The van der Waals surface area contributed by atoms with Gasteiger partial charge in [0.05, 0.1) is 0 Å². The third-order valence-electron chi connectivity index (χ3n) is 1.59. The summed E-state index contributed by atoms with van der Waals surface area (Å²) in [5.74, 6) is 0. The molecule has 1 N–H and O–H groups in total. The molecule has 12 heavy (non-hydrogen) atoms. The molecule has 1 nitrogen and oxygen atoms in total. The third kappa shape index (κ3) is 3.15. The van der Waals surface area contributed by atoms with E-state index in [9.17, 15) is 0 Å². The van der Waals surface area contributed by atoms with Crippen LogP contribution in [0.4, 0.5) is 0 Å². The summed E-state index contributed by atoms with van der Waals surface area (Å²) in [6, 6.07) is 10.2. The normalized spacial score (nSPS) is 10.3. The lowest BCUT2D eigenvalue weighted by Gasteiger charge is -1.89. The van der Waals surface area contributed by atoms with Crippen molar-refractivity contribution in [3.63, 3.8) is 0 Å². The second kappa shape index (κ2) is 5.30. The molecule has 0 bridgehead atoms. The van der Waals surface area contributed by atoms with Gasteiger partial charge in [-0.3, -0.25) is 0 Å². The molecule has 0 radical (unpaired) electrons. The highest BCUT2D eigenvalue weighted by atomic mass is 14.3. The van der Waals surface area contributed by atoms with Crippen LogP contribution in [-0.4, -0.2) is 6.21 Å². The zero-order valence-corrected chi connectivity index (χ0v) is 7.03. The number of rotatable bonds is 4. The zero-order valence-electron chi connectivity index (χ0n) is 7.03.